The molecule has 1 unspecified atom stereocenters. The quantitative estimate of drug-likeness (QED) is 0.840. The van der Waals surface area contributed by atoms with Gasteiger partial charge in [0.05, 0.1) is 16.1 Å². The fourth-order valence-corrected chi connectivity index (χ4v) is 2.23. The number of carbonyl (C=O) groups is 1. The number of hydrogen-bond donors (Lipinski definition) is 2. The van der Waals surface area contributed by atoms with Crippen LogP contribution in [0.15, 0.2) is 46.9 Å². The van der Waals surface area contributed by atoms with Gasteiger partial charge in [0.2, 0.25) is 0 Å². The molecule has 0 radical (unpaired) electrons. The molecule has 104 valence electrons. The highest BCUT2D eigenvalue weighted by atomic mass is 79.9. The predicted molar refractivity (Wildman–Crippen MR) is 80.8 cm³/mol. The van der Waals surface area contributed by atoms with Gasteiger partial charge in [0, 0.05) is 5.69 Å². The summed E-state index contributed by atoms with van der Waals surface area (Å²) in [6, 6.07) is 11.6. The van der Waals surface area contributed by atoms with E-state index >= 15 is 0 Å². The van der Waals surface area contributed by atoms with Crippen molar-refractivity contribution >= 4 is 27.5 Å². The van der Waals surface area contributed by atoms with Gasteiger partial charge in [-0.1, -0.05) is 18.2 Å². The second-order valence-electron chi connectivity index (χ2n) is 4.47. The van der Waals surface area contributed by atoms with Crippen molar-refractivity contribution in [3.05, 3.63) is 63.9 Å². The molecule has 2 aromatic rings. The number of nitrogen functional groups attached to an aromatic ring is 1. The summed E-state index contributed by atoms with van der Waals surface area (Å²) in [5.41, 5.74) is 7.20. The molecular formula is C15H14BrFN2O. The maximum absolute atomic E-state index is 13.8. The number of amides is 1. The molecule has 0 aliphatic rings. The summed E-state index contributed by atoms with van der Waals surface area (Å²) in [5, 5.41) is 2.75. The third kappa shape index (κ3) is 3.17. The Morgan fingerprint density at radius 3 is 2.70 bits per heavy atom. The zero-order valence-corrected chi connectivity index (χ0v) is 12.4. The molecule has 0 saturated carbocycles. The zero-order chi connectivity index (χ0) is 14.7. The minimum atomic E-state index is -0.565. The Kier molecular flexibility index (Phi) is 4.39. The summed E-state index contributed by atoms with van der Waals surface area (Å²) in [4.78, 5) is 12.1. The lowest BCUT2D eigenvalue weighted by molar-refractivity contribution is 0.0935. The SMILES string of the molecule is CC(NC(=O)c1cccc(Br)c1F)c1cccc(N)c1. The first kappa shape index (κ1) is 14.5. The van der Waals surface area contributed by atoms with Crippen molar-refractivity contribution in [2.24, 2.45) is 0 Å². The summed E-state index contributed by atoms with van der Waals surface area (Å²) < 4.78 is 14.1. The summed E-state index contributed by atoms with van der Waals surface area (Å²) in [5.74, 6) is -1.02. The van der Waals surface area contributed by atoms with Crippen molar-refractivity contribution in [1.82, 2.24) is 5.32 Å². The number of carbonyl (C=O) groups excluding carboxylic acids is 1. The summed E-state index contributed by atoms with van der Waals surface area (Å²) in [6.45, 7) is 1.82. The first-order valence-electron chi connectivity index (χ1n) is 6.09. The molecule has 1 amide bonds. The molecule has 5 heteroatoms. The summed E-state index contributed by atoms with van der Waals surface area (Å²) in [7, 11) is 0. The number of nitrogens with two attached hydrogens (primary N) is 1. The Morgan fingerprint density at radius 1 is 1.30 bits per heavy atom. The number of hydrogen-bond acceptors (Lipinski definition) is 2. The second kappa shape index (κ2) is 6.05. The van der Waals surface area contributed by atoms with Crippen LogP contribution in [0.4, 0.5) is 10.1 Å². The van der Waals surface area contributed by atoms with Crippen molar-refractivity contribution in [3.63, 3.8) is 0 Å². The molecule has 0 aliphatic carbocycles. The van der Waals surface area contributed by atoms with Gasteiger partial charge in [-0.3, -0.25) is 4.79 Å². The normalized spacial score (nSPS) is 11.9. The Hall–Kier alpha value is -1.88. The van der Waals surface area contributed by atoms with E-state index in [1.165, 1.54) is 6.07 Å². The Balaban J connectivity index is 2.17. The van der Waals surface area contributed by atoms with Gasteiger partial charge >= 0.3 is 0 Å². The lowest BCUT2D eigenvalue weighted by Crippen LogP contribution is -2.27. The van der Waals surface area contributed by atoms with Crippen LogP contribution in [0.5, 0.6) is 0 Å². The van der Waals surface area contributed by atoms with E-state index in [4.69, 9.17) is 5.73 Å². The van der Waals surface area contributed by atoms with Crippen LogP contribution in [-0.4, -0.2) is 5.91 Å². The van der Waals surface area contributed by atoms with E-state index in [0.29, 0.717) is 5.69 Å². The monoisotopic (exact) mass is 336 g/mol. The van der Waals surface area contributed by atoms with E-state index in [2.05, 4.69) is 21.2 Å². The van der Waals surface area contributed by atoms with Gasteiger partial charge in [-0.15, -0.1) is 0 Å². The highest BCUT2D eigenvalue weighted by molar-refractivity contribution is 9.10. The van der Waals surface area contributed by atoms with E-state index < -0.39 is 11.7 Å². The second-order valence-corrected chi connectivity index (χ2v) is 5.32. The first-order valence-corrected chi connectivity index (χ1v) is 6.88. The van der Waals surface area contributed by atoms with Gasteiger partial charge in [-0.2, -0.15) is 0 Å². The summed E-state index contributed by atoms with van der Waals surface area (Å²) in [6.07, 6.45) is 0. The smallest absolute Gasteiger partial charge is 0.254 e. The third-order valence-electron chi connectivity index (χ3n) is 2.95. The van der Waals surface area contributed by atoms with Crippen molar-refractivity contribution in [1.29, 1.82) is 0 Å². The molecule has 0 aliphatic heterocycles. The third-order valence-corrected chi connectivity index (χ3v) is 3.57. The summed E-state index contributed by atoms with van der Waals surface area (Å²) >= 11 is 3.06. The van der Waals surface area contributed by atoms with Gasteiger partial charge in [0.25, 0.3) is 5.91 Å². The molecule has 0 heterocycles. The van der Waals surface area contributed by atoms with Crippen LogP contribution in [0.2, 0.25) is 0 Å². The van der Waals surface area contributed by atoms with Gasteiger partial charge in [-0.25, -0.2) is 4.39 Å². The maximum Gasteiger partial charge on any atom is 0.254 e. The van der Waals surface area contributed by atoms with Crippen molar-refractivity contribution in [3.8, 4) is 0 Å². The zero-order valence-electron chi connectivity index (χ0n) is 10.9. The minimum Gasteiger partial charge on any atom is -0.399 e. The first-order chi connectivity index (χ1) is 9.49. The van der Waals surface area contributed by atoms with Crippen LogP contribution in [0.3, 0.4) is 0 Å². The van der Waals surface area contributed by atoms with Gasteiger partial charge in [0.1, 0.15) is 5.82 Å². The fourth-order valence-electron chi connectivity index (χ4n) is 1.87. The van der Waals surface area contributed by atoms with Gasteiger partial charge in [-0.05, 0) is 52.7 Å². The molecule has 3 N–H and O–H groups in total. The van der Waals surface area contributed by atoms with Crippen LogP contribution in [0, 0.1) is 5.82 Å². The van der Waals surface area contributed by atoms with Gasteiger partial charge < -0.3 is 11.1 Å². The highest BCUT2D eigenvalue weighted by Gasteiger charge is 2.16. The average Bonchev–Trinajstić information content (AvgIpc) is 2.41. The molecule has 0 saturated heterocycles. The van der Waals surface area contributed by atoms with E-state index in [9.17, 15) is 9.18 Å². The van der Waals surface area contributed by atoms with Crippen LogP contribution in [0.25, 0.3) is 0 Å². The molecule has 0 aromatic heterocycles. The molecule has 1 atom stereocenters. The van der Waals surface area contributed by atoms with Crippen molar-refractivity contribution in [2.75, 3.05) is 5.73 Å². The molecule has 20 heavy (non-hydrogen) atoms. The number of anilines is 1. The Morgan fingerprint density at radius 2 is 2.00 bits per heavy atom. The number of nitrogens with one attached hydrogen (secondary N) is 1. The molecule has 2 rings (SSSR count). The van der Waals surface area contributed by atoms with E-state index in [-0.39, 0.29) is 16.1 Å². The lowest BCUT2D eigenvalue weighted by atomic mass is 10.1. The Bertz CT molecular complexity index is 646. The predicted octanol–water partition coefficient (Wildman–Crippen LogP) is 3.66. The lowest BCUT2D eigenvalue weighted by Gasteiger charge is -2.15. The van der Waals surface area contributed by atoms with Crippen LogP contribution >= 0.6 is 15.9 Å². The molecule has 0 fully saturated rings. The van der Waals surface area contributed by atoms with Crippen LogP contribution < -0.4 is 11.1 Å². The molecular weight excluding hydrogens is 323 g/mol. The van der Waals surface area contributed by atoms with E-state index in [1.54, 1.807) is 24.3 Å². The molecule has 0 spiro atoms. The highest BCUT2D eigenvalue weighted by Crippen LogP contribution is 2.20. The molecule has 2 aromatic carbocycles. The molecule has 0 bridgehead atoms. The minimum absolute atomic E-state index is 0.00938. The van der Waals surface area contributed by atoms with Crippen molar-refractivity contribution < 1.29 is 9.18 Å². The van der Waals surface area contributed by atoms with Crippen LogP contribution in [0.1, 0.15) is 28.9 Å². The average molecular weight is 337 g/mol. The number of halogens is 2. The topological polar surface area (TPSA) is 55.1 Å². The molecule has 3 nitrogen and oxygen atoms in total. The maximum atomic E-state index is 13.8. The largest absolute Gasteiger partial charge is 0.399 e. The van der Waals surface area contributed by atoms with E-state index in [1.807, 2.05) is 19.1 Å². The van der Waals surface area contributed by atoms with Gasteiger partial charge in [0.15, 0.2) is 0 Å². The van der Waals surface area contributed by atoms with E-state index in [0.717, 1.165) is 5.56 Å². The number of benzene rings is 2. The fraction of sp³-hybridized carbons (Fsp3) is 0.133. The van der Waals surface area contributed by atoms with Crippen LogP contribution in [-0.2, 0) is 0 Å². The Labute approximate surface area is 125 Å². The number of rotatable bonds is 3. The standard InChI is InChI=1S/C15H14BrFN2O/c1-9(10-4-2-5-11(18)8-10)19-15(20)12-6-3-7-13(16)14(12)17/h2-9H,18H2,1H3,(H,19,20). The van der Waals surface area contributed by atoms with Crippen molar-refractivity contribution in [2.45, 2.75) is 13.0 Å².